The number of ether oxygens (including phenoxy) is 2. The van der Waals surface area contributed by atoms with E-state index in [2.05, 4.69) is 10.6 Å². The summed E-state index contributed by atoms with van der Waals surface area (Å²) in [4.78, 5) is 11.1. The Kier molecular flexibility index (Phi) is 7.81. The molecule has 0 heterocycles. The monoisotopic (exact) mass is 266 g/mol. The molecule has 5 nitrogen and oxygen atoms in total. The lowest BCUT2D eigenvalue weighted by Crippen LogP contribution is -2.21. The Morgan fingerprint density at radius 1 is 1.21 bits per heavy atom. The van der Waals surface area contributed by atoms with Crippen LogP contribution >= 0.6 is 0 Å². The van der Waals surface area contributed by atoms with Crippen molar-refractivity contribution in [1.29, 1.82) is 0 Å². The standard InChI is InChI=1S/C14H22N2O3/c1-12(17)16-14-6-4-3-5-13(14)11-15-7-8-19-10-9-18-2/h3-6,15H,7-11H2,1-2H3,(H,16,17). The largest absolute Gasteiger partial charge is 0.382 e. The summed E-state index contributed by atoms with van der Waals surface area (Å²) in [5.41, 5.74) is 1.91. The van der Waals surface area contributed by atoms with Crippen LogP contribution in [0.4, 0.5) is 5.69 Å². The third kappa shape index (κ3) is 6.91. The molecule has 0 bridgehead atoms. The van der Waals surface area contributed by atoms with E-state index >= 15 is 0 Å². The number of carbonyl (C=O) groups is 1. The van der Waals surface area contributed by atoms with Gasteiger partial charge in [-0.2, -0.15) is 0 Å². The molecule has 0 spiro atoms. The molecule has 0 aromatic heterocycles. The molecule has 0 fully saturated rings. The molecule has 0 aliphatic heterocycles. The smallest absolute Gasteiger partial charge is 0.221 e. The van der Waals surface area contributed by atoms with Crippen LogP contribution in [0.3, 0.4) is 0 Å². The van der Waals surface area contributed by atoms with E-state index in [1.165, 1.54) is 6.92 Å². The fraction of sp³-hybridized carbons (Fsp3) is 0.500. The lowest BCUT2D eigenvalue weighted by atomic mass is 10.1. The highest BCUT2D eigenvalue weighted by atomic mass is 16.5. The van der Waals surface area contributed by atoms with Crippen molar-refractivity contribution in [2.75, 3.05) is 38.8 Å². The van der Waals surface area contributed by atoms with Crippen molar-refractivity contribution < 1.29 is 14.3 Å². The Balaban J connectivity index is 2.26. The van der Waals surface area contributed by atoms with Gasteiger partial charge >= 0.3 is 0 Å². The maximum absolute atomic E-state index is 11.1. The van der Waals surface area contributed by atoms with E-state index in [1.807, 2.05) is 24.3 Å². The average molecular weight is 266 g/mol. The van der Waals surface area contributed by atoms with Crippen LogP contribution in [0.5, 0.6) is 0 Å². The SMILES string of the molecule is COCCOCCNCc1ccccc1NC(C)=O. The molecule has 106 valence electrons. The van der Waals surface area contributed by atoms with Crippen LogP contribution in [0.1, 0.15) is 12.5 Å². The number of benzene rings is 1. The maximum atomic E-state index is 11.1. The predicted molar refractivity (Wildman–Crippen MR) is 75.1 cm³/mol. The van der Waals surface area contributed by atoms with Crippen molar-refractivity contribution in [3.05, 3.63) is 29.8 Å². The van der Waals surface area contributed by atoms with E-state index in [0.29, 0.717) is 26.4 Å². The van der Waals surface area contributed by atoms with Gasteiger partial charge in [0, 0.05) is 32.8 Å². The van der Waals surface area contributed by atoms with Crippen molar-refractivity contribution in [2.45, 2.75) is 13.5 Å². The second kappa shape index (κ2) is 9.49. The third-order valence-corrected chi connectivity index (χ3v) is 2.50. The van der Waals surface area contributed by atoms with Crippen LogP contribution in [0, 0.1) is 0 Å². The van der Waals surface area contributed by atoms with E-state index in [-0.39, 0.29) is 5.91 Å². The Labute approximate surface area is 114 Å². The predicted octanol–water partition coefficient (Wildman–Crippen LogP) is 1.40. The topological polar surface area (TPSA) is 59.6 Å². The number of methoxy groups -OCH3 is 1. The fourth-order valence-corrected chi connectivity index (χ4v) is 1.60. The maximum Gasteiger partial charge on any atom is 0.221 e. The fourth-order valence-electron chi connectivity index (χ4n) is 1.60. The van der Waals surface area contributed by atoms with Crippen molar-refractivity contribution in [3.63, 3.8) is 0 Å². The summed E-state index contributed by atoms with van der Waals surface area (Å²) in [6.45, 7) is 4.84. The summed E-state index contributed by atoms with van der Waals surface area (Å²) in [7, 11) is 1.65. The Morgan fingerprint density at radius 2 is 2.00 bits per heavy atom. The molecular weight excluding hydrogens is 244 g/mol. The summed E-state index contributed by atoms with van der Waals surface area (Å²) in [6.07, 6.45) is 0. The van der Waals surface area contributed by atoms with Crippen LogP contribution in [0.2, 0.25) is 0 Å². The van der Waals surface area contributed by atoms with Crippen molar-refractivity contribution in [3.8, 4) is 0 Å². The Bertz CT molecular complexity index is 383. The van der Waals surface area contributed by atoms with Gasteiger partial charge in [-0.3, -0.25) is 4.79 Å². The zero-order chi connectivity index (χ0) is 13.9. The van der Waals surface area contributed by atoms with Crippen molar-refractivity contribution in [1.82, 2.24) is 5.32 Å². The quantitative estimate of drug-likeness (QED) is 0.663. The first kappa shape index (κ1) is 15.6. The Morgan fingerprint density at radius 3 is 2.74 bits per heavy atom. The summed E-state index contributed by atoms with van der Waals surface area (Å²) >= 11 is 0. The van der Waals surface area contributed by atoms with Crippen molar-refractivity contribution >= 4 is 11.6 Å². The summed E-state index contributed by atoms with van der Waals surface area (Å²) < 4.78 is 10.2. The summed E-state index contributed by atoms with van der Waals surface area (Å²) in [5, 5.41) is 6.09. The number of para-hydroxylation sites is 1. The average Bonchev–Trinajstić information content (AvgIpc) is 2.39. The van der Waals surface area contributed by atoms with Crippen LogP contribution in [0.25, 0.3) is 0 Å². The van der Waals surface area contributed by atoms with Gasteiger partial charge in [0.05, 0.1) is 19.8 Å². The minimum Gasteiger partial charge on any atom is -0.382 e. The zero-order valence-electron chi connectivity index (χ0n) is 11.6. The van der Waals surface area contributed by atoms with E-state index in [9.17, 15) is 4.79 Å². The highest BCUT2D eigenvalue weighted by Crippen LogP contribution is 2.14. The van der Waals surface area contributed by atoms with Gasteiger partial charge in [-0.1, -0.05) is 18.2 Å². The van der Waals surface area contributed by atoms with E-state index < -0.39 is 0 Å². The summed E-state index contributed by atoms with van der Waals surface area (Å²) in [5.74, 6) is -0.0599. The molecule has 0 saturated heterocycles. The zero-order valence-corrected chi connectivity index (χ0v) is 11.6. The number of amides is 1. The lowest BCUT2D eigenvalue weighted by molar-refractivity contribution is -0.114. The third-order valence-electron chi connectivity index (χ3n) is 2.50. The molecule has 1 aromatic rings. The first-order chi connectivity index (χ1) is 9.24. The van der Waals surface area contributed by atoms with Gasteiger partial charge in [-0.25, -0.2) is 0 Å². The van der Waals surface area contributed by atoms with Gasteiger partial charge in [0.1, 0.15) is 0 Å². The van der Waals surface area contributed by atoms with Gasteiger partial charge in [-0.15, -0.1) is 0 Å². The van der Waals surface area contributed by atoms with Crippen LogP contribution in [-0.4, -0.2) is 39.4 Å². The molecule has 2 N–H and O–H groups in total. The minimum atomic E-state index is -0.0599. The molecule has 0 aliphatic carbocycles. The molecule has 0 saturated carbocycles. The molecular formula is C14H22N2O3. The molecule has 1 rings (SSSR count). The van der Waals surface area contributed by atoms with Crippen molar-refractivity contribution in [2.24, 2.45) is 0 Å². The number of hydrogen-bond donors (Lipinski definition) is 2. The van der Waals surface area contributed by atoms with E-state index in [1.54, 1.807) is 7.11 Å². The minimum absolute atomic E-state index is 0.0599. The van der Waals surface area contributed by atoms with Gasteiger partial charge in [0.2, 0.25) is 5.91 Å². The molecule has 5 heteroatoms. The van der Waals surface area contributed by atoms with Gasteiger partial charge in [-0.05, 0) is 11.6 Å². The molecule has 1 aromatic carbocycles. The number of hydrogen-bond acceptors (Lipinski definition) is 4. The van der Waals surface area contributed by atoms with Gasteiger partial charge in [0.15, 0.2) is 0 Å². The first-order valence-electron chi connectivity index (χ1n) is 6.37. The molecule has 19 heavy (non-hydrogen) atoms. The van der Waals surface area contributed by atoms with Gasteiger partial charge in [0.25, 0.3) is 0 Å². The highest BCUT2D eigenvalue weighted by Gasteiger charge is 2.02. The van der Waals surface area contributed by atoms with E-state index in [0.717, 1.165) is 17.8 Å². The van der Waals surface area contributed by atoms with Gasteiger partial charge < -0.3 is 20.1 Å². The second-order valence-corrected chi connectivity index (χ2v) is 4.12. The lowest BCUT2D eigenvalue weighted by Gasteiger charge is -2.11. The van der Waals surface area contributed by atoms with Crippen LogP contribution in [0.15, 0.2) is 24.3 Å². The number of nitrogens with one attached hydrogen (secondary N) is 2. The second-order valence-electron chi connectivity index (χ2n) is 4.12. The first-order valence-corrected chi connectivity index (χ1v) is 6.37. The van der Waals surface area contributed by atoms with Crippen LogP contribution in [-0.2, 0) is 20.8 Å². The highest BCUT2D eigenvalue weighted by molar-refractivity contribution is 5.89. The molecule has 0 aliphatic rings. The van der Waals surface area contributed by atoms with E-state index in [4.69, 9.17) is 9.47 Å². The Hall–Kier alpha value is -1.43. The normalized spacial score (nSPS) is 10.4. The number of carbonyl (C=O) groups excluding carboxylic acids is 1. The molecule has 1 amide bonds. The number of rotatable bonds is 9. The molecule has 0 radical (unpaired) electrons. The summed E-state index contributed by atoms with van der Waals surface area (Å²) in [6, 6.07) is 7.75. The molecule has 0 atom stereocenters. The number of anilines is 1. The molecule has 0 unspecified atom stereocenters. The van der Waals surface area contributed by atoms with Crippen LogP contribution < -0.4 is 10.6 Å².